The van der Waals surface area contributed by atoms with Gasteiger partial charge in [-0.05, 0) is 37.1 Å². The predicted molar refractivity (Wildman–Crippen MR) is 112 cm³/mol. The minimum Gasteiger partial charge on any atom is -0.356 e. The number of rotatable bonds is 4. The van der Waals surface area contributed by atoms with Gasteiger partial charge in [-0.25, -0.2) is 13.4 Å². The highest BCUT2D eigenvalue weighted by molar-refractivity contribution is 7.90. The Morgan fingerprint density at radius 2 is 1.71 bits per heavy atom. The van der Waals surface area contributed by atoms with E-state index < -0.39 is 27.5 Å². The monoisotopic (exact) mass is 455 g/mol. The molecule has 10 heteroatoms. The van der Waals surface area contributed by atoms with E-state index >= 15 is 0 Å². The highest BCUT2D eigenvalue weighted by atomic mass is 32.2. The maximum Gasteiger partial charge on any atom is 0.417 e. The average molecular weight is 456 g/mol. The first-order valence-electron chi connectivity index (χ1n) is 9.99. The van der Waals surface area contributed by atoms with E-state index in [1.807, 2.05) is 4.90 Å². The van der Waals surface area contributed by atoms with Crippen molar-refractivity contribution >= 4 is 27.2 Å². The van der Waals surface area contributed by atoms with E-state index in [1.165, 1.54) is 24.3 Å². The third-order valence-electron chi connectivity index (χ3n) is 5.11. The first kappa shape index (κ1) is 23.1. The number of alkyl halides is 3. The molecular weight excluding hydrogens is 431 g/mol. The molecule has 1 N–H and O–H groups in total. The second-order valence-corrected chi connectivity index (χ2v) is 9.62. The largest absolute Gasteiger partial charge is 0.417 e. The summed E-state index contributed by atoms with van der Waals surface area (Å²) in [5.41, 5.74) is -1.04. The van der Waals surface area contributed by atoms with Gasteiger partial charge in [-0.1, -0.05) is 25.3 Å². The third-order valence-corrected chi connectivity index (χ3v) is 6.22. The van der Waals surface area contributed by atoms with Crippen LogP contribution in [0.15, 0.2) is 41.4 Å². The molecule has 3 rings (SSSR count). The number of aromatic nitrogens is 1. The Morgan fingerprint density at radius 3 is 2.32 bits per heavy atom. The van der Waals surface area contributed by atoms with E-state index in [0.29, 0.717) is 13.1 Å². The van der Waals surface area contributed by atoms with E-state index in [-0.39, 0.29) is 22.0 Å². The molecule has 2 heterocycles. The number of benzene rings is 1. The summed E-state index contributed by atoms with van der Waals surface area (Å²) in [5.74, 6) is -0.576. The number of hydrogen-bond donors (Lipinski definition) is 1. The molecule has 0 spiro atoms. The van der Waals surface area contributed by atoms with E-state index in [9.17, 15) is 26.4 Å². The first-order valence-corrected chi connectivity index (χ1v) is 11.9. The zero-order chi connectivity index (χ0) is 22.6. The van der Waals surface area contributed by atoms with Gasteiger partial charge in [-0.2, -0.15) is 13.2 Å². The number of amides is 1. The number of halogens is 3. The fourth-order valence-electron chi connectivity index (χ4n) is 3.49. The zero-order valence-corrected chi connectivity index (χ0v) is 17.9. The lowest BCUT2D eigenvalue weighted by molar-refractivity contribution is -0.137. The van der Waals surface area contributed by atoms with Crippen molar-refractivity contribution in [1.82, 2.24) is 4.98 Å². The minimum absolute atomic E-state index is 0.00328. The maximum absolute atomic E-state index is 13.3. The van der Waals surface area contributed by atoms with Gasteiger partial charge in [0.25, 0.3) is 5.91 Å². The molecule has 0 radical (unpaired) electrons. The quantitative estimate of drug-likeness (QED) is 0.733. The van der Waals surface area contributed by atoms with Crippen LogP contribution in [0.5, 0.6) is 0 Å². The molecule has 0 aliphatic carbocycles. The Bertz CT molecular complexity index is 1050. The number of pyridine rings is 1. The molecule has 0 atom stereocenters. The van der Waals surface area contributed by atoms with Crippen LogP contribution in [0.3, 0.4) is 0 Å². The number of anilines is 2. The fraction of sp³-hybridized carbons (Fsp3) is 0.429. The molecule has 2 aromatic rings. The van der Waals surface area contributed by atoms with Crippen molar-refractivity contribution in [3.63, 3.8) is 0 Å². The van der Waals surface area contributed by atoms with Gasteiger partial charge in [0.05, 0.1) is 16.0 Å². The third kappa shape index (κ3) is 5.96. The number of nitrogens with zero attached hydrogens (tertiary/aromatic N) is 2. The van der Waals surface area contributed by atoms with Crippen molar-refractivity contribution in [3.05, 3.63) is 47.7 Å². The predicted octanol–water partition coefficient (Wildman–Crippen LogP) is 4.53. The van der Waals surface area contributed by atoms with Gasteiger partial charge in [0, 0.05) is 31.2 Å². The second kappa shape index (κ2) is 9.25. The summed E-state index contributed by atoms with van der Waals surface area (Å²) >= 11 is 0. The number of carbonyl (C=O) groups excluding carboxylic acids is 1. The van der Waals surface area contributed by atoms with Crippen LogP contribution in [0, 0.1) is 0 Å². The summed E-state index contributed by atoms with van der Waals surface area (Å²) < 4.78 is 63.4. The van der Waals surface area contributed by atoms with Gasteiger partial charge in [-0.3, -0.25) is 4.79 Å². The molecular formula is C21H24F3N3O3S. The van der Waals surface area contributed by atoms with Crippen molar-refractivity contribution < 1.29 is 26.4 Å². The lowest BCUT2D eigenvalue weighted by Crippen LogP contribution is -2.31. The van der Waals surface area contributed by atoms with Crippen LogP contribution < -0.4 is 10.2 Å². The summed E-state index contributed by atoms with van der Waals surface area (Å²) in [6, 6.07) is 6.38. The van der Waals surface area contributed by atoms with Crippen molar-refractivity contribution in [2.75, 3.05) is 29.6 Å². The Hall–Kier alpha value is -2.62. The molecule has 1 aromatic carbocycles. The summed E-state index contributed by atoms with van der Waals surface area (Å²) in [7, 11) is -3.51. The smallest absolute Gasteiger partial charge is 0.356 e. The summed E-state index contributed by atoms with van der Waals surface area (Å²) in [5, 5.41) is 2.52. The Kier molecular flexibility index (Phi) is 6.88. The molecule has 1 saturated heterocycles. The van der Waals surface area contributed by atoms with Gasteiger partial charge in [0.15, 0.2) is 9.84 Å². The van der Waals surface area contributed by atoms with Crippen LogP contribution in [0.25, 0.3) is 0 Å². The summed E-state index contributed by atoms with van der Waals surface area (Å²) in [4.78, 5) is 18.8. The number of nitrogens with one attached hydrogen (secondary N) is 1. The van der Waals surface area contributed by atoms with Gasteiger partial charge in [0.2, 0.25) is 0 Å². The van der Waals surface area contributed by atoms with E-state index in [1.54, 1.807) is 0 Å². The molecule has 31 heavy (non-hydrogen) atoms. The van der Waals surface area contributed by atoms with E-state index in [2.05, 4.69) is 10.3 Å². The van der Waals surface area contributed by atoms with E-state index in [0.717, 1.165) is 50.6 Å². The molecule has 1 aliphatic rings. The standard InChI is InChI=1S/C21H24F3N3O3S/c1-31(29,30)17-9-7-8-16(13-17)26-20(28)18-12-15(21(22,23)24)14-25-19(18)27-10-5-3-2-4-6-11-27/h7-9,12-14H,2-6,10-11H2,1H3,(H,26,28). The lowest BCUT2D eigenvalue weighted by Gasteiger charge is -2.27. The summed E-state index contributed by atoms with van der Waals surface area (Å²) in [6.45, 7) is 1.20. The summed E-state index contributed by atoms with van der Waals surface area (Å²) in [6.07, 6.45) is 1.99. The molecule has 1 aromatic heterocycles. The number of sulfone groups is 1. The van der Waals surface area contributed by atoms with Crippen LogP contribution in [0.1, 0.15) is 48.0 Å². The van der Waals surface area contributed by atoms with Crippen molar-refractivity contribution in [2.24, 2.45) is 0 Å². The van der Waals surface area contributed by atoms with Crippen molar-refractivity contribution in [2.45, 2.75) is 43.2 Å². The Labute approximate surface area is 179 Å². The molecule has 1 aliphatic heterocycles. The fourth-order valence-corrected chi connectivity index (χ4v) is 4.16. The Morgan fingerprint density at radius 1 is 1.06 bits per heavy atom. The SMILES string of the molecule is CS(=O)(=O)c1cccc(NC(=O)c2cc(C(F)(F)F)cnc2N2CCCCCCC2)c1. The van der Waals surface area contributed by atoms with Gasteiger partial charge in [-0.15, -0.1) is 0 Å². The Balaban J connectivity index is 1.97. The maximum atomic E-state index is 13.3. The van der Waals surface area contributed by atoms with E-state index in [4.69, 9.17) is 0 Å². The van der Waals surface area contributed by atoms with Crippen LogP contribution in [-0.4, -0.2) is 38.7 Å². The zero-order valence-electron chi connectivity index (χ0n) is 17.1. The second-order valence-electron chi connectivity index (χ2n) is 7.60. The normalized spacial score (nSPS) is 15.8. The van der Waals surface area contributed by atoms with Crippen LogP contribution >= 0.6 is 0 Å². The topological polar surface area (TPSA) is 79.4 Å². The lowest BCUT2D eigenvalue weighted by atomic mass is 10.1. The molecule has 168 valence electrons. The van der Waals surface area contributed by atoms with Crippen molar-refractivity contribution in [1.29, 1.82) is 0 Å². The molecule has 6 nitrogen and oxygen atoms in total. The van der Waals surface area contributed by atoms with Gasteiger partial charge >= 0.3 is 6.18 Å². The van der Waals surface area contributed by atoms with Crippen LogP contribution in [0.2, 0.25) is 0 Å². The minimum atomic E-state index is -4.65. The highest BCUT2D eigenvalue weighted by Crippen LogP contribution is 2.32. The number of carbonyl (C=O) groups is 1. The average Bonchev–Trinajstić information content (AvgIpc) is 2.66. The molecule has 0 bridgehead atoms. The van der Waals surface area contributed by atoms with Crippen LogP contribution in [-0.2, 0) is 16.0 Å². The molecule has 1 fully saturated rings. The molecule has 1 amide bonds. The first-order chi connectivity index (χ1) is 14.6. The van der Waals surface area contributed by atoms with Crippen LogP contribution in [0.4, 0.5) is 24.7 Å². The van der Waals surface area contributed by atoms with Gasteiger partial charge in [0.1, 0.15) is 5.82 Å². The number of hydrogen-bond acceptors (Lipinski definition) is 5. The molecule has 0 unspecified atom stereocenters. The van der Waals surface area contributed by atoms with Gasteiger partial charge < -0.3 is 10.2 Å². The highest BCUT2D eigenvalue weighted by Gasteiger charge is 2.33. The van der Waals surface area contributed by atoms with Crippen molar-refractivity contribution in [3.8, 4) is 0 Å². The molecule has 0 saturated carbocycles.